The largest absolute Gasteiger partial charge is 0.338 e. The monoisotopic (exact) mass is 219 g/mol. The molecule has 1 aliphatic rings. The van der Waals surface area contributed by atoms with Crippen molar-refractivity contribution in [3.05, 3.63) is 11.7 Å². The van der Waals surface area contributed by atoms with Crippen LogP contribution < -0.4 is 5.32 Å². The zero-order chi connectivity index (χ0) is 11.4. The number of nitrogens with one attached hydrogen (secondary N) is 1. The van der Waals surface area contributed by atoms with Crippen LogP contribution in [-0.4, -0.2) is 16.7 Å². The Bertz CT molecular complexity index is 374. The molecule has 0 aromatic carbocycles. The summed E-state index contributed by atoms with van der Waals surface area (Å²) in [5, 5.41) is 7.17. The molecule has 1 aromatic rings. The first-order chi connectivity index (χ1) is 7.81. The molecule has 0 saturated heterocycles. The van der Waals surface area contributed by atoms with Gasteiger partial charge in [0.15, 0.2) is 5.82 Å². The van der Waals surface area contributed by atoms with Crippen LogP contribution in [0.4, 0.5) is 0 Å². The molecule has 0 radical (unpaired) electrons. The minimum atomic E-state index is 0.0266. The van der Waals surface area contributed by atoms with Gasteiger partial charge in [0.1, 0.15) is 0 Å². The molecule has 1 N–H and O–H groups in total. The van der Waals surface area contributed by atoms with Gasteiger partial charge in [-0.05, 0) is 19.8 Å². The van der Waals surface area contributed by atoms with Crippen LogP contribution in [0.25, 0.3) is 0 Å². The summed E-state index contributed by atoms with van der Waals surface area (Å²) in [5.41, 5.74) is 0. The second-order valence-electron chi connectivity index (χ2n) is 4.28. The van der Waals surface area contributed by atoms with E-state index in [1.807, 2.05) is 6.92 Å². The number of rotatable bonds is 4. The van der Waals surface area contributed by atoms with Gasteiger partial charge >= 0.3 is 0 Å². The van der Waals surface area contributed by atoms with Crippen LogP contribution in [0.1, 0.15) is 56.3 Å². The van der Waals surface area contributed by atoms with E-state index in [9.17, 15) is 0 Å². The summed E-state index contributed by atoms with van der Waals surface area (Å²) in [6, 6.07) is 0.0266. The molecular weight excluding hydrogens is 202 g/mol. The van der Waals surface area contributed by atoms with Crippen LogP contribution in [0.15, 0.2) is 4.52 Å². The van der Waals surface area contributed by atoms with Crippen molar-refractivity contribution in [3.8, 4) is 12.3 Å². The van der Waals surface area contributed by atoms with Gasteiger partial charge in [-0.15, -0.1) is 6.42 Å². The van der Waals surface area contributed by atoms with Crippen molar-refractivity contribution < 1.29 is 4.52 Å². The van der Waals surface area contributed by atoms with Crippen molar-refractivity contribution >= 4 is 0 Å². The summed E-state index contributed by atoms with van der Waals surface area (Å²) >= 11 is 0. The van der Waals surface area contributed by atoms with E-state index < -0.39 is 0 Å². The third kappa shape index (κ3) is 2.42. The van der Waals surface area contributed by atoms with Crippen molar-refractivity contribution in [3.63, 3.8) is 0 Å². The van der Waals surface area contributed by atoms with Gasteiger partial charge in [0.05, 0.1) is 12.6 Å². The average molecular weight is 219 g/mol. The lowest BCUT2D eigenvalue weighted by Gasteiger charge is -2.05. The molecule has 0 aliphatic heterocycles. The predicted octanol–water partition coefficient (Wildman–Crippen LogP) is 2.01. The zero-order valence-electron chi connectivity index (χ0n) is 9.57. The number of hydrogen-bond acceptors (Lipinski definition) is 4. The van der Waals surface area contributed by atoms with Gasteiger partial charge in [-0.2, -0.15) is 4.98 Å². The number of nitrogens with zero attached hydrogens (tertiary/aromatic N) is 2. The van der Waals surface area contributed by atoms with Crippen molar-refractivity contribution in [2.75, 3.05) is 6.54 Å². The number of terminal acetylenes is 1. The lowest BCUT2D eigenvalue weighted by molar-refractivity contribution is 0.338. The van der Waals surface area contributed by atoms with Gasteiger partial charge in [0, 0.05) is 5.92 Å². The first-order valence-corrected chi connectivity index (χ1v) is 5.81. The average Bonchev–Trinajstić information content (AvgIpc) is 2.94. The highest BCUT2D eigenvalue weighted by Crippen LogP contribution is 2.32. The van der Waals surface area contributed by atoms with Crippen LogP contribution in [-0.2, 0) is 0 Å². The van der Waals surface area contributed by atoms with E-state index >= 15 is 0 Å². The van der Waals surface area contributed by atoms with E-state index in [0.29, 0.717) is 18.4 Å². The Morgan fingerprint density at radius 3 is 3.00 bits per heavy atom. The summed E-state index contributed by atoms with van der Waals surface area (Å²) in [6.07, 6.45) is 10.1. The van der Waals surface area contributed by atoms with E-state index in [1.165, 1.54) is 25.7 Å². The topological polar surface area (TPSA) is 51.0 Å². The molecule has 0 amide bonds. The first-order valence-electron chi connectivity index (χ1n) is 5.81. The van der Waals surface area contributed by atoms with Crippen molar-refractivity contribution in [1.82, 2.24) is 15.5 Å². The third-order valence-corrected chi connectivity index (χ3v) is 3.06. The maximum absolute atomic E-state index is 5.24. The zero-order valence-corrected chi connectivity index (χ0v) is 9.57. The maximum atomic E-state index is 5.24. The Balaban J connectivity index is 1.98. The fraction of sp³-hybridized carbons (Fsp3) is 0.667. The van der Waals surface area contributed by atoms with E-state index in [2.05, 4.69) is 21.4 Å². The highest BCUT2D eigenvalue weighted by atomic mass is 16.5. The molecule has 1 atom stereocenters. The van der Waals surface area contributed by atoms with Gasteiger partial charge in [-0.3, -0.25) is 5.32 Å². The Hall–Kier alpha value is -1.34. The Labute approximate surface area is 95.8 Å². The maximum Gasteiger partial charge on any atom is 0.243 e. The fourth-order valence-corrected chi connectivity index (χ4v) is 2.07. The Morgan fingerprint density at radius 1 is 1.56 bits per heavy atom. The van der Waals surface area contributed by atoms with Crippen LogP contribution in [0.3, 0.4) is 0 Å². The summed E-state index contributed by atoms with van der Waals surface area (Å²) in [6.45, 7) is 2.49. The van der Waals surface area contributed by atoms with Gasteiger partial charge in [0.2, 0.25) is 5.89 Å². The normalized spacial score (nSPS) is 18.5. The molecule has 86 valence electrons. The third-order valence-electron chi connectivity index (χ3n) is 3.06. The van der Waals surface area contributed by atoms with Crippen LogP contribution in [0.2, 0.25) is 0 Å². The molecule has 1 fully saturated rings. The van der Waals surface area contributed by atoms with Crippen LogP contribution in [0, 0.1) is 12.3 Å². The first kappa shape index (κ1) is 11.2. The summed E-state index contributed by atoms with van der Waals surface area (Å²) < 4.78 is 5.24. The minimum Gasteiger partial charge on any atom is -0.338 e. The fourth-order valence-electron chi connectivity index (χ4n) is 2.07. The molecule has 0 spiro atoms. The predicted molar refractivity (Wildman–Crippen MR) is 60.8 cm³/mol. The summed E-state index contributed by atoms with van der Waals surface area (Å²) in [4.78, 5) is 4.44. The van der Waals surface area contributed by atoms with Crippen molar-refractivity contribution in [2.24, 2.45) is 0 Å². The van der Waals surface area contributed by atoms with E-state index in [-0.39, 0.29) is 6.04 Å². The van der Waals surface area contributed by atoms with Gasteiger partial charge in [0.25, 0.3) is 0 Å². The number of hydrogen-bond donors (Lipinski definition) is 1. The second-order valence-corrected chi connectivity index (χ2v) is 4.28. The Morgan fingerprint density at radius 2 is 2.31 bits per heavy atom. The van der Waals surface area contributed by atoms with E-state index in [1.54, 1.807) is 0 Å². The highest BCUT2D eigenvalue weighted by Gasteiger charge is 2.23. The SMILES string of the molecule is C#CCN[C@H](C)c1nc(C2CCCC2)no1. The summed E-state index contributed by atoms with van der Waals surface area (Å²) in [5.74, 6) is 4.53. The van der Waals surface area contributed by atoms with Gasteiger partial charge in [-0.25, -0.2) is 0 Å². The molecule has 0 bridgehead atoms. The molecule has 4 nitrogen and oxygen atoms in total. The van der Waals surface area contributed by atoms with E-state index in [4.69, 9.17) is 10.9 Å². The van der Waals surface area contributed by atoms with Crippen molar-refractivity contribution in [1.29, 1.82) is 0 Å². The minimum absolute atomic E-state index is 0.0266. The lowest BCUT2D eigenvalue weighted by Crippen LogP contribution is -2.19. The molecule has 1 aliphatic carbocycles. The molecule has 4 heteroatoms. The van der Waals surface area contributed by atoms with Crippen molar-refractivity contribution in [2.45, 2.75) is 44.6 Å². The molecule has 2 rings (SSSR count). The molecule has 0 unspecified atom stereocenters. The second kappa shape index (κ2) is 5.13. The molecule has 1 saturated carbocycles. The lowest BCUT2D eigenvalue weighted by atomic mass is 10.1. The number of aromatic nitrogens is 2. The molecule has 1 heterocycles. The summed E-state index contributed by atoms with van der Waals surface area (Å²) in [7, 11) is 0. The van der Waals surface area contributed by atoms with Gasteiger partial charge < -0.3 is 4.52 Å². The molecular formula is C12H17N3O. The Kier molecular flexibility index (Phi) is 3.58. The molecule has 1 aromatic heterocycles. The quantitative estimate of drug-likeness (QED) is 0.787. The molecule has 16 heavy (non-hydrogen) atoms. The smallest absolute Gasteiger partial charge is 0.243 e. The standard InChI is InChI=1S/C12H17N3O/c1-3-8-13-9(2)12-14-11(15-16-12)10-6-4-5-7-10/h1,9-10,13H,4-8H2,2H3/t9-/m1/s1. The van der Waals surface area contributed by atoms with Crippen LogP contribution >= 0.6 is 0 Å². The highest BCUT2D eigenvalue weighted by molar-refractivity contribution is 5.00. The van der Waals surface area contributed by atoms with E-state index in [0.717, 1.165) is 5.82 Å². The van der Waals surface area contributed by atoms with Gasteiger partial charge in [-0.1, -0.05) is 23.9 Å². The van der Waals surface area contributed by atoms with Crippen LogP contribution in [0.5, 0.6) is 0 Å².